The molecule has 678 valence electrons. The predicted molar refractivity (Wildman–Crippen MR) is 555 cm³/mol. The second-order valence-corrected chi connectivity index (χ2v) is 36.9. The van der Waals surface area contributed by atoms with Crippen molar-refractivity contribution in [1.29, 1.82) is 0 Å². The first-order valence-electron chi connectivity index (χ1n) is 45.7. The number of fused-ring (bicyclic) bond motifs is 5. The molecule has 14 nitrogen and oxygen atoms in total. The number of aromatic nitrogens is 10. The first-order chi connectivity index (χ1) is 63.7. The molecule has 19 heteroatoms. The summed E-state index contributed by atoms with van der Waals surface area (Å²) >= 11 is 30.2. The van der Waals surface area contributed by atoms with Crippen LogP contribution in [0.1, 0.15) is 159 Å². The van der Waals surface area contributed by atoms with E-state index in [-0.39, 0.29) is 7.43 Å². The Hall–Kier alpha value is -11.5. The third-order valence-electron chi connectivity index (χ3n) is 24.6. The third-order valence-corrected chi connectivity index (χ3v) is 25.8. The van der Waals surface area contributed by atoms with Crippen LogP contribution in [0.3, 0.4) is 0 Å². The van der Waals surface area contributed by atoms with Gasteiger partial charge in [0, 0.05) is 89.3 Å². The fourth-order valence-electron chi connectivity index (χ4n) is 16.8. The molecular formula is C113H121Cl5N14. The molecule has 1 fully saturated rings. The molecule has 5 aromatic heterocycles. The van der Waals surface area contributed by atoms with E-state index in [9.17, 15) is 0 Å². The molecule has 18 aromatic rings. The van der Waals surface area contributed by atoms with Gasteiger partial charge in [0.2, 0.25) is 0 Å². The zero-order valence-corrected chi connectivity index (χ0v) is 80.2. The van der Waals surface area contributed by atoms with Crippen molar-refractivity contribution < 1.29 is 0 Å². The molecule has 0 bridgehead atoms. The predicted octanol–water partition coefficient (Wildman–Crippen LogP) is 27.2. The molecule has 4 N–H and O–H groups in total. The van der Waals surface area contributed by atoms with E-state index >= 15 is 0 Å². The zero-order chi connectivity index (χ0) is 91.3. The highest BCUT2D eigenvalue weighted by Crippen LogP contribution is 2.32. The molecule has 13 aromatic carbocycles. The van der Waals surface area contributed by atoms with Crippen LogP contribution in [0.4, 0.5) is 0 Å². The standard InChI is InChI=1S/C26H27ClN2.C25H25ClN2.C23H22ClN3.C20H23ClN4.C18H20ClN3.CH4/c1-17-7-5-6-8-22(17)13-20(4)26-28-24-14-18(2)19(3)15-25(24)29(26)16-21-9-11-23(27)12-10-21;1-17-4-6-20(7-5-17)10-13-25-27-23-14-18(2)19(3)15-24(23)28(25)16-21-8-11-22(26)12-9-21;1-17-6-8-18(9-7-17)14-25-15-23-26-21-4-2-3-5-22(21)27(23)16-19-10-12-20(24)13-11-19;21-16-9-7-15(8-10-16)14-25-19-6-2-1-5-18(19)24-20(25)13-23-17-4-3-11-22-12-17;1-2-11-20-12-18-21-16-5-3-4-6-17(16)22(18)13-14-7-9-15(19)10-8-14;/h5-12,14-15,20H,13,16H2,1-4H3;4-9,11-12,14-15H,10,13,16H2,1-3H3;2-13,25H,14-16H2,1H3;1-2,5-10,17,22-23H,3-4,11-14H2;3-10,20H,2,11-13H2,1H3;1H4. The lowest BCUT2D eigenvalue weighted by Crippen LogP contribution is -2.43. The monoisotopic (exact) mass is 1850 g/mol. The number of aryl methyl sites for hydroxylation is 9. The molecule has 2 atom stereocenters. The molecule has 0 spiro atoms. The Morgan fingerprint density at radius 3 is 1.14 bits per heavy atom. The van der Waals surface area contributed by atoms with Crippen molar-refractivity contribution in [1.82, 2.24) is 69.0 Å². The lowest BCUT2D eigenvalue weighted by molar-refractivity contribution is 0.384. The lowest BCUT2D eigenvalue weighted by atomic mass is 9.97. The Morgan fingerprint density at radius 2 is 0.712 bits per heavy atom. The van der Waals surface area contributed by atoms with E-state index in [0.29, 0.717) is 12.0 Å². The van der Waals surface area contributed by atoms with Crippen LogP contribution in [0.2, 0.25) is 25.1 Å². The van der Waals surface area contributed by atoms with E-state index in [1.165, 1.54) is 118 Å². The largest absolute Gasteiger partial charge is 0.323 e. The number of hydrogen-bond donors (Lipinski definition) is 4. The van der Waals surface area contributed by atoms with Crippen molar-refractivity contribution in [3.05, 3.63) is 429 Å². The van der Waals surface area contributed by atoms with Gasteiger partial charge in [-0.2, -0.15) is 0 Å². The molecule has 1 saturated heterocycles. The Kier molecular flexibility index (Phi) is 34.2. The van der Waals surface area contributed by atoms with Crippen LogP contribution in [0.15, 0.2) is 291 Å². The van der Waals surface area contributed by atoms with Crippen molar-refractivity contribution >= 4 is 113 Å². The van der Waals surface area contributed by atoms with Gasteiger partial charge >= 0.3 is 0 Å². The van der Waals surface area contributed by atoms with Gasteiger partial charge in [-0.3, -0.25) is 0 Å². The second-order valence-electron chi connectivity index (χ2n) is 34.7. The van der Waals surface area contributed by atoms with Gasteiger partial charge in [-0.05, 0) is 287 Å². The van der Waals surface area contributed by atoms with Crippen molar-refractivity contribution in [2.45, 2.75) is 179 Å². The third kappa shape index (κ3) is 25.9. The van der Waals surface area contributed by atoms with Gasteiger partial charge in [-0.15, -0.1) is 0 Å². The zero-order valence-electron chi connectivity index (χ0n) is 76.5. The number of imidazole rings is 5. The van der Waals surface area contributed by atoms with Crippen LogP contribution in [0.5, 0.6) is 0 Å². The van der Waals surface area contributed by atoms with Crippen LogP contribution in [-0.4, -0.2) is 73.4 Å². The van der Waals surface area contributed by atoms with Gasteiger partial charge < -0.3 is 44.1 Å². The van der Waals surface area contributed by atoms with Gasteiger partial charge in [0.05, 0.1) is 74.8 Å². The Morgan fingerprint density at radius 1 is 0.348 bits per heavy atom. The Balaban J connectivity index is 0.000000133. The molecule has 19 rings (SSSR count). The van der Waals surface area contributed by atoms with Gasteiger partial charge in [-0.25, -0.2) is 24.9 Å². The van der Waals surface area contributed by atoms with Crippen LogP contribution in [0.25, 0.3) is 55.2 Å². The fourth-order valence-corrected chi connectivity index (χ4v) is 17.5. The maximum Gasteiger partial charge on any atom is 0.124 e. The Labute approximate surface area is 803 Å². The summed E-state index contributed by atoms with van der Waals surface area (Å²) in [5.74, 6) is 5.79. The quantitative estimate of drug-likeness (QED) is 0.0371. The number of halogens is 5. The number of para-hydroxylation sites is 6. The normalized spacial score (nSPS) is 12.7. The van der Waals surface area contributed by atoms with E-state index in [4.69, 9.17) is 82.9 Å². The minimum absolute atomic E-state index is 0. The highest BCUT2D eigenvalue weighted by atomic mass is 35.5. The molecule has 1 aliphatic rings. The average molecular weight is 1850 g/mol. The fraction of sp³-hybridized carbons (Fsp3) is 0.265. The number of rotatable bonds is 27. The SMILES string of the molecule is C.CCCNCc1nc2ccccc2n1Cc1ccc(Cl)cc1.Cc1cc2nc(C(C)Cc3ccccc3C)n(Cc3ccc(Cl)cc3)c2cc1C.Cc1ccc(CCc2nc3cc(C)c(C)cc3n2Cc2ccc(Cl)cc2)cc1.Cc1ccc(CNCc2nc3ccccc3n2Cc2ccc(Cl)cc2)cc1.Clc1ccc(Cn2c(CNC3CCCNC3)nc3ccccc32)cc1. The molecule has 0 amide bonds. The van der Waals surface area contributed by atoms with E-state index in [2.05, 4.69) is 319 Å². The summed E-state index contributed by atoms with van der Waals surface area (Å²) in [5.41, 5.74) is 30.4. The Bertz CT molecular complexity index is 6770. The first kappa shape index (κ1) is 96.6. The van der Waals surface area contributed by atoms with Gasteiger partial charge in [0.25, 0.3) is 0 Å². The molecule has 6 heterocycles. The number of piperidine rings is 1. The molecule has 0 radical (unpaired) electrons. The smallest absolute Gasteiger partial charge is 0.124 e. The maximum absolute atomic E-state index is 6.09. The van der Waals surface area contributed by atoms with Crippen molar-refractivity contribution in [2.24, 2.45) is 0 Å². The van der Waals surface area contributed by atoms with Gasteiger partial charge in [0.1, 0.15) is 29.1 Å². The summed E-state index contributed by atoms with van der Waals surface area (Å²) in [5, 5.41) is 17.9. The highest BCUT2D eigenvalue weighted by Gasteiger charge is 2.22. The lowest BCUT2D eigenvalue weighted by Gasteiger charge is -2.24. The molecule has 132 heavy (non-hydrogen) atoms. The van der Waals surface area contributed by atoms with Crippen molar-refractivity contribution in [2.75, 3.05) is 19.6 Å². The highest BCUT2D eigenvalue weighted by molar-refractivity contribution is 6.31. The topological polar surface area (TPSA) is 137 Å². The van der Waals surface area contributed by atoms with Crippen LogP contribution >= 0.6 is 58.0 Å². The number of hydrogen-bond acceptors (Lipinski definition) is 9. The molecule has 1 aliphatic heterocycles. The molecule has 2 unspecified atom stereocenters. The summed E-state index contributed by atoms with van der Waals surface area (Å²) in [4.78, 5) is 24.6. The molecular weight excluding hydrogens is 1730 g/mol. The van der Waals surface area contributed by atoms with Crippen molar-refractivity contribution in [3.8, 4) is 0 Å². The number of nitrogens with zero attached hydrogens (tertiary/aromatic N) is 10. The van der Waals surface area contributed by atoms with Gasteiger partial charge in [-0.1, -0.05) is 260 Å². The minimum atomic E-state index is 0. The first-order valence-corrected chi connectivity index (χ1v) is 47.6. The second kappa shape index (κ2) is 46.7. The van der Waals surface area contributed by atoms with E-state index < -0.39 is 0 Å². The maximum atomic E-state index is 6.09. The minimum Gasteiger partial charge on any atom is -0.323 e. The van der Waals surface area contributed by atoms with E-state index in [1.54, 1.807) is 0 Å². The summed E-state index contributed by atoms with van der Waals surface area (Å²) in [7, 11) is 0. The van der Waals surface area contributed by atoms with E-state index in [0.717, 1.165) is 192 Å². The summed E-state index contributed by atoms with van der Waals surface area (Å²) < 4.78 is 11.6. The van der Waals surface area contributed by atoms with Crippen LogP contribution < -0.4 is 21.3 Å². The van der Waals surface area contributed by atoms with Crippen LogP contribution in [0, 0.1) is 48.5 Å². The number of nitrogens with one attached hydrogen (secondary N) is 4. The summed E-state index contributed by atoms with van der Waals surface area (Å²) in [6, 6.07) is 101. The summed E-state index contributed by atoms with van der Waals surface area (Å²) in [6.45, 7) is 29.8. The molecule has 0 saturated carbocycles. The molecule has 0 aliphatic carbocycles. The average Bonchev–Trinajstić information content (AvgIpc) is 1.62. The number of benzene rings is 13. The van der Waals surface area contributed by atoms with Crippen molar-refractivity contribution in [3.63, 3.8) is 0 Å². The van der Waals surface area contributed by atoms with Crippen LogP contribution in [-0.2, 0) is 78.2 Å². The van der Waals surface area contributed by atoms with E-state index in [1.807, 2.05) is 78.9 Å². The summed E-state index contributed by atoms with van der Waals surface area (Å²) in [6.07, 6.45) is 6.47. The van der Waals surface area contributed by atoms with Gasteiger partial charge in [0.15, 0.2) is 0 Å².